The minimum absolute atomic E-state index is 0.147. The lowest BCUT2D eigenvalue weighted by Crippen LogP contribution is -2.46. The number of anilines is 3. The first-order chi connectivity index (χ1) is 15.1. The maximum absolute atomic E-state index is 5.81. The van der Waals surface area contributed by atoms with E-state index < -0.39 is 0 Å². The van der Waals surface area contributed by atoms with Gasteiger partial charge in [0.05, 0.1) is 12.2 Å². The second kappa shape index (κ2) is 8.39. The van der Waals surface area contributed by atoms with Crippen molar-refractivity contribution in [1.29, 1.82) is 0 Å². The van der Waals surface area contributed by atoms with E-state index in [1.54, 1.807) is 12.4 Å². The fraction of sp³-hybridized carbons (Fsp3) is 0.348. The Morgan fingerprint density at radius 1 is 0.839 bits per heavy atom. The summed E-state index contributed by atoms with van der Waals surface area (Å²) in [5.74, 6) is 3.64. The predicted octanol–water partition coefficient (Wildman–Crippen LogP) is 3.67. The van der Waals surface area contributed by atoms with Crippen LogP contribution in [-0.2, 0) is 4.74 Å². The number of nitrogens with zero attached hydrogens (tertiary/aromatic N) is 4. The fourth-order valence-corrected chi connectivity index (χ4v) is 3.94. The van der Waals surface area contributed by atoms with E-state index in [2.05, 4.69) is 34.0 Å². The summed E-state index contributed by atoms with van der Waals surface area (Å²) in [5.41, 5.74) is 2.06. The van der Waals surface area contributed by atoms with Crippen LogP contribution in [0.25, 0.3) is 11.1 Å². The third kappa shape index (κ3) is 4.39. The Kier molecular flexibility index (Phi) is 5.30. The molecule has 2 aliphatic heterocycles. The molecular formula is C23H25N5O3. The first kappa shape index (κ1) is 19.6. The molecular weight excluding hydrogens is 394 g/mol. The van der Waals surface area contributed by atoms with Crippen molar-refractivity contribution < 1.29 is 14.2 Å². The summed E-state index contributed by atoms with van der Waals surface area (Å²) < 4.78 is 17.1. The molecule has 160 valence electrons. The third-order valence-electron chi connectivity index (χ3n) is 5.24. The van der Waals surface area contributed by atoms with E-state index in [1.165, 1.54) is 0 Å². The summed E-state index contributed by atoms with van der Waals surface area (Å²) in [4.78, 5) is 15.8. The molecule has 1 aromatic carbocycles. The van der Waals surface area contributed by atoms with Gasteiger partial charge in [-0.25, -0.2) is 9.97 Å². The van der Waals surface area contributed by atoms with Gasteiger partial charge in [-0.3, -0.25) is 0 Å². The molecule has 0 spiro atoms. The summed E-state index contributed by atoms with van der Waals surface area (Å²) in [7, 11) is 0. The second-order valence-corrected chi connectivity index (χ2v) is 7.82. The Hall–Kier alpha value is -3.39. The molecule has 0 saturated carbocycles. The molecule has 31 heavy (non-hydrogen) atoms. The number of fused-ring (bicyclic) bond motifs is 1. The lowest BCUT2D eigenvalue weighted by Gasteiger charge is -2.35. The van der Waals surface area contributed by atoms with Crippen molar-refractivity contribution in [2.24, 2.45) is 0 Å². The highest BCUT2D eigenvalue weighted by Gasteiger charge is 2.24. The van der Waals surface area contributed by atoms with E-state index in [0.29, 0.717) is 30.8 Å². The molecule has 2 atom stereocenters. The maximum Gasteiger partial charge on any atom is 0.227 e. The van der Waals surface area contributed by atoms with Crippen molar-refractivity contribution in [2.75, 3.05) is 36.5 Å². The molecule has 0 bridgehead atoms. The van der Waals surface area contributed by atoms with Gasteiger partial charge in [-0.2, -0.15) is 4.98 Å². The summed E-state index contributed by atoms with van der Waals surface area (Å²) in [6.45, 7) is 6.82. The van der Waals surface area contributed by atoms with Crippen LogP contribution >= 0.6 is 0 Å². The highest BCUT2D eigenvalue weighted by Crippen LogP contribution is 2.35. The number of aromatic nitrogens is 3. The molecule has 1 fully saturated rings. The molecule has 2 aromatic heterocycles. The topological polar surface area (TPSA) is 81.6 Å². The van der Waals surface area contributed by atoms with Gasteiger partial charge >= 0.3 is 0 Å². The van der Waals surface area contributed by atoms with E-state index in [9.17, 15) is 0 Å². The van der Waals surface area contributed by atoms with Crippen LogP contribution in [0.4, 0.5) is 17.6 Å². The largest absolute Gasteiger partial charge is 0.486 e. The number of morpholine rings is 1. The summed E-state index contributed by atoms with van der Waals surface area (Å²) >= 11 is 0. The average Bonchev–Trinajstić information content (AvgIpc) is 2.78. The molecule has 0 aliphatic carbocycles. The van der Waals surface area contributed by atoms with Crippen molar-refractivity contribution in [3.8, 4) is 22.6 Å². The van der Waals surface area contributed by atoms with Crippen LogP contribution in [0.5, 0.6) is 11.5 Å². The van der Waals surface area contributed by atoms with Crippen LogP contribution in [0.3, 0.4) is 0 Å². The number of pyridine rings is 1. The highest BCUT2D eigenvalue weighted by molar-refractivity contribution is 5.70. The molecule has 8 nitrogen and oxygen atoms in total. The molecule has 1 N–H and O–H groups in total. The van der Waals surface area contributed by atoms with Gasteiger partial charge in [-0.1, -0.05) is 6.07 Å². The van der Waals surface area contributed by atoms with Crippen molar-refractivity contribution in [2.45, 2.75) is 26.1 Å². The molecule has 0 unspecified atom stereocenters. The van der Waals surface area contributed by atoms with Crippen LogP contribution < -0.4 is 19.7 Å². The lowest BCUT2D eigenvalue weighted by molar-refractivity contribution is -0.00571. The normalized spacial score (nSPS) is 20.4. The van der Waals surface area contributed by atoms with E-state index in [1.807, 2.05) is 36.4 Å². The van der Waals surface area contributed by atoms with E-state index in [0.717, 1.165) is 35.7 Å². The molecule has 5 rings (SSSR count). The maximum atomic E-state index is 5.81. The van der Waals surface area contributed by atoms with Crippen LogP contribution in [-0.4, -0.2) is 53.5 Å². The fourth-order valence-electron chi connectivity index (χ4n) is 3.94. The van der Waals surface area contributed by atoms with Crippen LogP contribution in [0, 0.1) is 0 Å². The molecule has 0 radical (unpaired) electrons. The van der Waals surface area contributed by atoms with Gasteiger partial charge < -0.3 is 24.4 Å². The van der Waals surface area contributed by atoms with Gasteiger partial charge in [0.15, 0.2) is 11.5 Å². The van der Waals surface area contributed by atoms with Gasteiger partial charge in [-0.05, 0) is 55.3 Å². The average molecular weight is 419 g/mol. The molecule has 3 aromatic rings. The first-order valence-corrected chi connectivity index (χ1v) is 10.5. The minimum atomic E-state index is 0.147. The highest BCUT2D eigenvalue weighted by atomic mass is 16.6. The molecule has 1 saturated heterocycles. The van der Waals surface area contributed by atoms with Gasteiger partial charge in [0.2, 0.25) is 5.95 Å². The first-order valence-electron chi connectivity index (χ1n) is 10.5. The zero-order chi connectivity index (χ0) is 21.2. The standard InChI is InChI=1S/C23H25N5O3/c1-15-13-28(14-16(2)31-15)23-25-8-6-21(27-23)26-22-12-18(5-7-24-22)17-3-4-19-20(11-17)30-10-9-29-19/h3-8,11-12,15-16H,9-10,13-14H2,1-2H3,(H,24,25,26,27)/t15-,16+. The number of hydrogen-bond donors (Lipinski definition) is 1. The van der Waals surface area contributed by atoms with E-state index in [-0.39, 0.29) is 12.2 Å². The van der Waals surface area contributed by atoms with E-state index >= 15 is 0 Å². The van der Waals surface area contributed by atoms with Crippen LogP contribution in [0.1, 0.15) is 13.8 Å². The van der Waals surface area contributed by atoms with Gasteiger partial charge in [0.1, 0.15) is 24.8 Å². The number of rotatable bonds is 4. The molecule has 4 heterocycles. The van der Waals surface area contributed by atoms with E-state index in [4.69, 9.17) is 19.2 Å². The monoisotopic (exact) mass is 419 g/mol. The van der Waals surface area contributed by atoms with Crippen molar-refractivity contribution in [3.63, 3.8) is 0 Å². The summed E-state index contributed by atoms with van der Waals surface area (Å²) in [6.07, 6.45) is 3.84. The quantitative estimate of drug-likeness (QED) is 0.686. The van der Waals surface area contributed by atoms with Crippen LogP contribution in [0.2, 0.25) is 0 Å². The van der Waals surface area contributed by atoms with Crippen molar-refractivity contribution in [1.82, 2.24) is 15.0 Å². The zero-order valence-corrected chi connectivity index (χ0v) is 17.6. The zero-order valence-electron chi connectivity index (χ0n) is 17.6. The number of benzene rings is 1. The van der Waals surface area contributed by atoms with Crippen molar-refractivity contribution in [3.05, 3.63) is 48.8 Å². The Morgan fingerprint density at radius 2 is 1.58 bits per heavy atom. The van der Waals surface area contributed by atoms with Crippen molar-refractivity contribution >= 4 is 17.6 Å². The molecule has 8 heteroatoms. The smallest absolute Gasteiger partial charge is 0.227 e. The van der Waals surface area contributed by atoms with Gasteiger partial charge in [-0.15, -0.1) is 0 Å². The number of ether oxygens (including phenoxy) is 3. The van der Waals surface area contributed by atoms with Gasteiger partial charge in [0, 0.05) is 25.5 Å². The second-order valence-electron chi connectivity index (χ2n) is 7.82. The molecule has 2 aliphatic rings. The Labute approximate surface area is 181 Å². The Balaban J connectivity index is 1.35. The predicted molar refractivity (Wildman–Crippen MR) is 118 cm³/mol. The lowest BCUT2D eigenvalue weighted by atomic mass is 10.1. The number of nitrogens with one attached hydrogen (secondary N) is 1. The Morgan fingerprint density at radius 3 is 2.42 bits per heavy atom. The summed E-state index contributed by atoms with van der Waals surface area (Å²) in [5, 5.41) is 3.30. The number of hydrogen-bond acceptors (Lipinski definition) is 8. The Bertz CT molecular complexity index is 1070. The van der Waals surface area contributed by atoms with Gasteiger partial charge in [0.25, 0.3) is 0 Å². The summed E-state index contributed by atoms with van der Waals surface area (Å²) in [6, 6.07) is 11.8. The SMILES string of the molecule is C[C@@H]1CN(c2nccc(Nc3cc(-c4ccc5c(c4)OCCO5)ccn3)n2)C[C@H](C)O1. The minimum Gasteiger partial charge on any atom is -0.486 e. The third-order valence-corrected chi connectivity index (χ3v) is 5.24. The van der Waals surface area contributed by atoms with Crippen LogP contribution in [0.15, 0.2) is 48.8 Å². The molecule has 0 amide bonds.